The van der Waals surface area contributed by atoms with Crippen LogP contribution in [0.25, 0.3) is 0 Å². The van der Waals surface area contributed by atoms with Crippen molar-refractivity contribution in [2.24, 2.45) is 4.36 Å². The predicted molar refractivity (Wildman–Crippen MR) is 91.7 cm³/mol. The minimum atomic E-state index is -2.94. The zero-order chi connectivity index (χ0) is 16.9. The van der Waals surface area contributed by atoms with E-state index in [1.807, 2.05) is 36.4 Å². The number of benzene rings is 2. The summed E-state index contributed by atoms with van der Waals surface area (Å²) in [7, 11) is -2.94. The predicted octanol–water partition coefficient (Wildman–Crippen LogP) is 4.65. The van der Waals surface area contributed by atoms with Gasteiger partial charge in [-0.3, -0.25) is 0 Å². The number of carbonyl (C=O) groups is 1. The fourth-order valence-corrected chi connectivity index (χ4v) is 3.84. The van der Waals surface area contributed by atoms with Crippen molar-refractivity contribution in [2.75, 3.05) is 0 Å². The third kappa shape index (κ3) is 5.21. The van der Waals surface area contributed by atoms with Gasteiger partial charge in [-0.1, -0.05) is 48.5 Å². The first-order valence-electron chi connectivity index (χ1n) is 7.35. The van der Waals surface area contributed by atoms with Crippen LogP contribution in [0.5, 0.6) is 0 Å². The van der Waals surface area contributed by atoms with Gasteiger partial charge in [-0.25, -0.2) is 9.00 Å². The first-order chi connectivity index (χ1) is 10.8. The van der Waals surface area contributed by atoms with Gasteiger partial charge >= 0.3 is 6.09 Å². The molecular formula is C18H21NO3S. The lowest BCUT2D eigenvalue weighted by Crippen LogP contribution is -2.23. The van der Waals surface area contributed by atoms with Gasteiger partial charge in [0.15, 0.2) is 0 Å². The van der Waals surface area contributed by atoms with Crippen LogP contribution in [0.1, 0.15) is 26.3 Å². The molecule has 23 heavy (non-hydrogen) atoms. The van der Waals surface area contributed by atoms with Crippen LogP contribution in [0.4, 0.5) is 4.79 Å². The molecule has 2 aromatic carbocycles. The summed E-state index contributed by atoms with van der Waals surface area (Å²) in [5.74, 6) is 0.164. The molecule has 0 spiro atoms. The number of rotatable bonds is 3. The molecule has 1 amide bonds. The van der Waals surface area contributed by atoms with E-state index in [0.717, 1.165) is 5.56 Å². The maximum absolute atomic E-state index is 13.4. The molecule has 0 aliphatic carbocycles. The Hall–Kier alpha value is -2.14. The molecule has 2 aromatic rings. The summed E-state index contributed by atoms with van der Waals surface area (Å²) >= 11 is 0. The highest BCUT2D eigenvalue weighted by Gasteiger charge is 2.20. The number of hydrogen-bond donors (Lipinski definition) is 0. The molecular weight excluding hydrogens is 310 g/mol. The molecule has 0 aromatic heterocycles. The molecule has 0 heterocycles. The Labute approximate surface area is 137 Å². The summed E-state index contributed by atoms with van der Waals surface area (Å²) in [4.78, 5) is 12.6. The standard InChI is InChI=1S/C18H21NO3S/c1-18(2,3)22-17(20)19-23(21,16-12-8-5-9-13-16)14-15-10-6-4-7-11-15/h4-13H,14H2,1-3H3. The van der Waals surface area contributed by atoms with Crippen LogP contribution in [0.2, 0.25) is 0 Å². The van der Waals surface area contributed by atoms with E-state index in [2.05, 4.69) is 4.36 Å². The summed E-state index contributed by atoms with van der Waals surface area (Å²) in [6.07, 6.45) is -0.803. The monoisotopic (exact) mass is 331 g/mol. The summed E-state index contributed by atoms with van der Waals surface area (Å²) in [6.45, 7) is 5.26. The Balaban J connectivity index is 2.44. The average Bonchev–Trinajstić information content (AvgIpc) is 2.47. The van der Waals surface area contributed by atoms with E-state index in [1.54, 1.807) is 45.0 Å². The van der Waals surface area contributed by atoms with E-state index < -0.39 is 21.4 Å². The number of ether oxygens (including phenoxy) is 1. The third-order valence-electron chi connectivity index (χ3n) is 2.93. The van der Waals surface area contributed by atoms with Gasteiger partial charge in [-0.15, -0.1) is 4.36 Å². The van der Waals surface area contributed by atoms with Gasteiger partial charge in [0.25, 0.3) is 0 Å². The quantitative estimate of drug-likeness (QED) is 0.822. The molecule has 0 N–H and O–H groups in total. The van der Waals surface area contributed by atoms with Gasteiger partial charge in [-0.05, 0) is 38.5 Å². The first-order valence-corrected chi connectivity index (χ1v) is 9.04. The highest BCUT2D eigenvalue weighted by Crippen LogP contribution is 2.20. The molecule has 1 unspecified atom stereocenters. The van der Waals surface area contributed by atoms with Crippen LogP contribution in [-0.2, 0) is 20.2 Å². The Morgan fingerprint density at radius 1 is 1.00 bits per heavy atom. The highest BCUT2D eigenvalue weighted by atomic mass is 32.2. The van der Waals surface area contributed by atoms with Crippen molar-refractivity contribution in [1.29, 1.82) is 0 Å². The lowest BCUT2D eigenvalue weighted by atomic mass is 10.2. The first kappa shape index (κ1) is 17.2. The van der Waals surface area contributed by atoms with Crippen molar-refractivity contribution in [1.82, 2.24) is 0 Å². The molecule has 0 aliphatic rings. The van der Waals surface area contributed by atoms with Crippen LogP contribution in [-0.4, -0.2) is 15.9 Å². The van der Waals surface area contributed by atoms with Gasteiger partial charge in [0.05, 0.1) is 15.5 Å². The Kier molecular flexibility index (Phi) is 5.21. The molecule has 0 saturated carbocycles. The molecule has 0 bridgehead atoms. The van der Waals surface area contributed by atoms with Crippen LogP contribution >= 0.6 is 0 Å². The number of nitrogens with zero attached hydrogens (tertiary/aromatic N) is 1. The van der Waals surface area contributed by atoms with Gasteiger partial charge in [0, 0.05) is 4.90 Å². The lowest BCUT2D eigenvalue weighted by Gasteiger charge is -2.18. The SMILES string of the molecule is CC(C)(C)OC(=O)N=S(=O)(Cc1ccccc1)c1ccccc1. The van der Waals surface area contributed by atoms with Crippen molar-refractivity contribution in [3.8, 4) is 0 Å². The molecule has 0 fully saturated rings. The second-order valence-corrected chi connectivity index (χ2v) is 8.38. The normalized spacial score (nSPS) is 13.9. The highest BCUT2D eigenvalue weighted by molar-refractivity contribution is 7.93. The molecule has 122 valence electrons. The van der Waals surface area contributed by atoms with E-state index in [4.69, 9.17) is 4.74 Å². The van der Waals surface area contributed by atoms with Gasteiger partial charge in [0.2, 0.25) is 0 Å². The lowest BCUT2D eigenvalue weighted by molar-refractivity contribution is 0.0607. The number of hydrogen-bond acceptors (Lipinski definition) is 3. The van der Waals surface area contributed by atoms with Crippen LogP contribution < -0.4 is 0 Å². The van der Waals surface area contributed by atoms with Gasteiger partial charge < -0.3 is 4.74 Å². The number of carbonyl (C=O) groups excluding carboxylic acids is 1. The average molecular weight is 331 g/mol. The largest absolute Gasteiger partial charge is 0.442 e. The topological polar surface area (TPSA) is 55.7 Å². The second kappa shape index (κ2) is 6.96. The minimum Gasteiger partial charge on any atom is -0.442 e. The zero-order valence-electron chi connectivity index (χ0n) is 13.6. The Bertz CT molecular complexity index is 771. The van der Waals surface area contributed by atoms with E-state index in [-0.39, 0.29) is 5.75 Å². The zero-order valence-corrected chi connectivity index (χ0v) is 14.4. The van der Waals surface area contributed by atoms with Crippen molar-refractivity contribution in [2.45, 2.75) is 37.0 Å². The molecule has 2 rings (SSSR count). The van der Waals surface area contributed by atoms with E-state index in [1.165, 1.54) is 0 Å². The van der Waals surface area contributed by atoms with E-state index in [9.17, 15) is 9.00 Å². The second-order valence-electron chi connectivity index (χ2n) is 6.16. The van der Waals surface area contributed by atoms with Crippen LogP contribution in [0, 0.1) is 0 Å². The van der Waals surface area contributed by atoms with Crippen molar-refractivity contribution < 1.29 is 13.7 Å². The number of amides is 1. The minimum absolute atomic E-state index is 0.164. The molecule has 0 saturated heterocycles. The van der Waals surface area contributed by atoms with Crippen molar-refractivity contribution in [3.63, 3.8) is 0 Å². The molecule has 0 aliphatic heterocycles. The molecule has 1 atom stereocenters. The maximum atomic E-state index is 13.4. The Morgan fingerprint density at radius 3 is 2.04 bits per heavy atom. The van der Waals surface area contributed by atoms with Gasteiger partial charge in [0.1, 0.15) is 5.60 Å². The maximum Gasteiger partial charge on any atom is 0.442 e. The fraction of sp³-hybridized carbons (Fsp3) is 0.278. The molecule has 0 radical (unpaired) electrons. The molecule has 4 nitrogen and oxygen atoms in total. The van der Waals surface area contributed by atoms with E-state index in [0.29, 0.717) is 4.90 Å². The fourth-order valence-electron chi connectivity index (χ4n) is 2.00. The van der Waals surface area contributed by atoms with Crippen molar-refractivity contribution in [3.05, 3.63) is 66.2 Å². The summed E-state index contributed by atoms with van der Waals surface area (Å²) in [6, 6.07) is 18.2. The summed E-state index contributed by atoms with van der Waals surface area (Å²) in [5.41, 5.74) is 0.179. The smallest absolute Gasteiger partial charge is 0.442 e. The van der Waals surface area contributed by atoms with Gasteiger partial charge in [-0.2, -0.15) is 0 Å². The molecule has 5 heteroatoms. The third-order valence-corrected chi connectivity index (χ3v) is 5.11. The summed E-state index contributed by atoms with van der Waals surface area (Å²) in [5, 5.41) is 0. The van der Waals surface area contributed by atoms with Crippen LogP contribution in [0.15, 0.2) is 69.9 Å². The summed E-state index contributed by atoms with van der Waals surface area (Å²) < 4.78 is 22.5. The Morgan fingerprint density at radius 2 is 1.52 bits per heavy atom. The van der Waals surface area contributed by atoms with E-state index >= 15 is 0 Å². The van der Waals surface area contributed by atoms with Crippen molar-refractivity contribution >= 4 is 15.8 Å². The van der Waals surface area contributed by atoms with Crippen LogP contribution in [0.3, 0.4) is 0 Å².